The molecule has 1 nitrogen and oxygen atoms in total. The summed E-state index contributed by atoms with van der Waals surface area (Å²) in [5, 5.41) is 0.709. The fraction of sp³-hybridized carbons (Fsp3) is 0.250. The van der Waals surface area contributed by atoms with Crippen molar-refractivity contribution < 1.29 is 4.21 Å². The first-order valence-corrected chi connectivity index (χ1v) is 5.72. The van der Waals surface area contributed by atoms with Gasteiger partial charge in [-0.1, -0.05) is 11.6 Å². The molecule has 0 N–H and O–H groups in total. The molecule has 0 aliphatic heterocycles. The third kappa shape index (κ3) is 2.00. The second kappa shape index (κ2) is 3.77. The molecule has 1 aromatic carbocycles. The molecule has 0 amide bonds. The minimum absolute atomic E-state index is 0.607. The van der Waals surface area contributed by atoms with Crippen LogP contribution in [0.4, 0.5) is 0 Å². The molecule has 1 aromatic rings. The summed E-state index contributed by atoms with van der Waals surface area (Å²) in [5.74, 6) is 0. The smallest absolute Gasteiger partial charge is 0.147 e. The first-order valence-electron chi connectivity index (χ1n) is 3.37. The van der Waals surface area contributed by atoms with Gasteiger partial charge in [-0.2, -0.15) is 0 Å². The summed E-state index contributed by atoms with van der Waals surface area (Å²) >= 11 is 5.91. The van der Waals surface area contributed by atoms with Crippen LogP contribution in [0.1, 0.15) is 11.1 Å². The minimum Gasteiger partial charge on any atom is -0.237 e. The van der Waals surface area contributed by atoms with Crippen LogP contribution in [0, 0.1) is 13.8 Å². The Kier molecular flexibility index (Phi) is 3.16. The van der Waals surface area contributed by atoms with Gasteiger partial charge in [-0.15, -0.1) is 0 Å². The predicted molar refractivity (Wildman–Crippen MR) is 53.2 cm³/mol. The Balaban J connectivity index is 3.31. The van der Waals surface area contributed by atoms with Crippen LogP contribution in [-0.2, 0) is 10.0 Å². The SMILES string of the molecule is Cc1cc(S(=O)Cl)cc(C)c1Cl. The van der Waals surface area contributed by atoms with E-state index >= 15 is 0 Å². The topological polar surface area (TPSA) is 17.1 Å². The molecule has 0 aliphatic rings. The maximum Gasteiger partial charge on any atom is 0.147 e. The van der Waals surface area contributed by atoms with Crippen LogP contribution in [0.3, 0.4) is 0 Å². The lowest BCUT2D eigenvalue weighted by atomic mass is 10.2. The van der Waals surface area contributed by atoms with E-state index in [2.05, 4.69) is 0 Å². The fourth-order valence-electron chi connectivity index (χ4n) is 0.999. The maximum atomic E-state index is 10.9. The van der Waals surface area contributed by atoms with E-state index in [0.717, 1.165) is 11.1 Å². The Morgan fingerprint density at radius 2 is 1.67 bits per heavy atom. The second-order valence-corrected chi connectivity index (χ2v) is 4.73. The van der Waals surface area contributed by atoms with Gasteiger partial charge in [0.2, 0.25) is 0 Å². The number of halogens is 2. The monoisotopic (exact) mass is 222 g/mol. The van der Waals surface area contributed by atoms with Crippen LogP contribution in [0.15, 0.2) is 17.0 Å². The maximum absolute atomic E-state index is 10.9. The molecule has 0 heterocycles. The second-order valence-electron chi connectivity index (χ2n) is 2.59. The summed E-state index contributed by atoms with van der Waals surface area (Å²) in [7, 11) is 3.98. The molecule has 66 valence electrons. The molecule has 1 unspecified atom stereocenters. The van der Waals surface area contributed by atoms with Crippen molar-refractivity contribution in [1.29, 1.82) is 0 Å². The molecule has 4 heteroatoms. The van der Waals surface area contributed by atoms with Gasteiger partial charge in [-0.05, 0) is 47.8 Å². The zero-order chi connectivity index (χ0) is 9.30. The lowest BCUT2D eigenvalue weighted by molar-refractivity contribution is 0.691. The fourth-order valence-corrected chi connectivity index (χ4v) is 1.91. The summed E-state index contributed by atoms with van der Waals surface area (Å²) in [5.41, 5.74) is 1.81. The van der Waals surface area contributed by atoms with Gasteiger partial charge in [0.15, 0.2) is 0 Å². The molecule has 0 fully saturated rings. The molecule has 0 saturated heterocycles. The molecule has 0 aliphatic carbocycles. The van der Waals surface area contributed by atoms with E-state index in [-0.39, 0.29) is 0 Å². The zero-order valence-electron chi connectivity index (χ0n) is 6.73. The molecule has 0 saturated carbocycles. The van der Waals surface area contributed by atoms with Gasteiger partial charge in [0.05, 0.1) is 4.90 Å². The quantitative estimate of drug-likeness (QED) is 0.668. The van der Waals surface area contributed by atoms with E-state index in [9.17, 15) is 4.21 Å². The van der Waals surface area contributed by atoms with Crippen molar-refractivity contribution in [3.8, 4) is 0 Å². The van der Waals surface area contributed by atoms with Gasteiger partial charge < -0.3 is 0 Å². The molecule has 12 heavy (non-hydrogen) atoms. The van der Waals surface area contributed by atoms with Gasteiger partial charge in [-0.25, -0.2) is 4.21 Å². The van der Waals surface area contributed by atoms with Crippen LogP contribution in [0.2, 0.25) is 5.02 Å². The van der Waals surface area contributed by atoms with Gasteiger partial charge in [-0.3, -0.25) is 0 Å². The first kappa shape index (κ1) is 10.0. The zero-order valence-corrected chi connectivity index (χ0v) is 9.06. The Hall–Kier alpha value is -0.0500. The summed E-state index contributed by atoms with van der Waals surface area (Å²) in [6, 6.07) is 3.47. The molecule has 0 aromatic heterocycles. The molecule has 1 rings (SSSR count). The van der Waals surface area contributed by atoms with Crippen molar-refractivity contribution >= 4 is 32.3 Å². The van der Waals surface area contributed by atoms with E-state index in [1.165, 1.54) is 0 Å². The molecule has 0 radical (unpaired) electrons. The third-order valence-corrected chi connectivity index (χ3v) is 3.33. The minimum atomic E-state index is -1.44. The highest BCUT2D eigenvalue weighted by Crippen LogP contribution is 2.24. The van der Waals surface area contributed by atoms with Crippen LogP contribution >= 0.6 is 22.3 Å². The summed E-state index contributed by atoms with van der Waals surface area (Å²) in [4.78, 5) is 0.607. The average Bonchev–Trinajstić information content (AvgIpc) is 1.99. The highest BCUT2D eigenvalue weighted by molar-refractivity contribution is 8.08. The highest BCUT2D eigenvalue weighted by Gasteiger charge is 2.05. The predicted octanol–water partition coefficient (Wildman–Crippen LogP) is 3.22. The van der Waals surface area contributed by atoms with Crippen LogP contribution in [0.5, 0.6) is 0 Å². The van der Waals surface area contributed by atoms with Crippen molar-refractivity contribution in [1.82, 2.24) is 0 Å². The van der Waals surface area contributed by atoms with Crippen LogP contribution < -0.4 is 0 Å². The molecule has 0 spiro atoms. The number of aryl methyl sites for hydroxylation is 2. The standard InChI is InChI=1S/C8H8Cl2OS/c1-5-3-7(12(10)11)4-6(2)8(5)9/h3-4H,1-2H3. The van der Waals surface area contributed by atoms with Crippen molar-refractivity contribution in [2.75, 3.05) is 0 Å². The Bertz CT molecular complexity index is 313. The summed E-state index contributed by atoms with van der Waals surface area (Å²) in [6.45, 7) is 3.73. The first-order chi connectivity index (χ1) is 5.52. The number of rotatable bonds is 1. The van der Waals surface area contributed by atoms with Crippen LogP contribution in [-0.4, -0.2) is 4.21 Å². The largest absolute Gasteiger partial charge is 0.237 e. The van der Waals surface area contributed by atoms with Gasteiger partial charge >= 0.3 is 0 Å². The van der Waals surface area contributed by atoms with Crippen molar-refractivity contribution in [2.45, 2.75) is 18.7 Å². The number of hydrogen-bond donors (Lipinski definition) is 0. The average molecular weight is 223 g/mol. The van der Waals surface area contributed by atoms with Crippen molar-refractivity contribution in [3.05, 3.63) is 28.3 Å². The lowest BCUT2D eigenvalue weighted by Gasteiger charge is -2.03. The number of hydrogen-bond acceptors (Lipinski definition) is 1. The Labute approximate surface area is 83.6 Å². The van der Waals surface area contributed by atoms with E-state index < -0.39 is 10.0 Å². The molecular formula is C8H8Cl2OS. The summed E-state index contributed by atoms with van der Waals surface area (Å²) in [6.07, 6.45) is 0. The molecule has 0 bridgehead atoms. The molecule has 1 atom stereocenters. The van der Waals surface area contributed by atoms with E-state index in [4.69, 9.17) is 22.3 Å². The Morgan fingerprint density at radius 3 is 2.00 bits per heavy atom. The highest BCUT2D eigenvalue weighted by atomic mass is 35.7. The van der Waals surface area contributed by atoms with E-state index in [1.807, 2.05) is 13.8 Å². The third-order valence-electron chi connectivity index (χ3n) is 1.60. The van der Waals surface area contributed by atoms with Crippen molar-refractivity contribution in [2.24, 2.45) is 0 Å². The van der Waals surface area contributed by atoms with Gasteiger partial charge in [0.25, 0.3) is 0 Å². The van der Waals surface area contributed by atoms with E-state index in [0.29, 0.717) is 9.92 Å². The normalized spacial score (nSPS) is 13.0. The van der Waals surface area contributed by atoms with Crippen molar-refractivity contribution in [3.63, 3.8) is 0 Å². The number of benzene rings is 1. The molecular weight excluding hydrogens is 215 g/mol. The van der Waals surface area contributed by atoms with Crippen LogP contribution in [0.25, 0.3) is 0 Å². The summed E-state index contributed by atoms with van der Waals surface area (Å²) < 4.78 is 10.9. The van der Waals surface area contributed by atoms with Gasteiger partial charge in [0, 0.05) is 5.02 Å². The van der Waals surface area contributed by atoms with E-state index in [1.54, 1.807) is 12.1 Å². The Morgan fingerprint density at radius 1 is 1.25 bits per heavy atom. The lowest BCUT2D eigenvalue weighted by Crippen LogP contribution is -1.87. The van der Waals surface area contributed by atoms with Gasteiger partial charge in [0.1, 0.15) is 10.0 Å².